The first-order valence-electron chi connectivity index (χ1n) is 6.22. The van der Waals surface area contributed by atoms with E-state index in [9.17, 15) is 0 Å². The molecule has 0 unspecified atom stereocenters. The van der Waals surface area contributed by atoms with Crippen molar-refractivity contribution in [1.29, 1.82) is 0 Å². The van der Waals surface area contributed by atoms with Crippen LogP contribution in [0, 0.1) is 0 Å². The van der Waals surface area contributed by atoms with E-state index < -0.39 is 0 Å². The van der Waals surface area contributed by atoms with E-state index in [4.69, 9.17) is 0 Å². The van der Waals surface area contributed by atoms with Gasteiger partial charge in [0.05, 0.1) is 12.1 Å². The number of nitrogens with zero attached hydrogens (tertiary/aromatic N) is 2. The van der Waals surface area contributed by atoms with E-state index in [0.717, 1.165) is 12.1 Å². The van der Waals surface area contributed by atoms with E-state index >= 15 is 0 Å². The number of fused-ring (bicyclic) bond motifs is 3. The highest BCUT2D eigenvalue weighted by molar-refractivity contribution is 4.65. The van der Waals surface area contributed by atoms with Gasteiger partial charge in [0, 0.05) is 0 Å². The number of rotatable bonds is 2. The topological polar surface area (TPSA) is 0 Å². The van der Waals surface area contributed by atoms with Crippen LogP contribution in [0.2, 0.25) is 0 Å². The quantitative estimate of drug-likeness (QED) is 0.589. The number of hydrogen-bond acceptors (Lipinski definition) is 0. The van der Waals surface area contributed by atoms with E-state index in [1.165, 1.54) is 48.2 Å². The summed E-state index contributed by atoms with van der Waals surface area (Å²) in [4.78, 5) is 0. The van der Waals surface area contributed by atoms with Crippen LogP contribution in [0.5, 0.6) is 0 Å². The Hall–Kier alpha value is -0.0800. The van der Waals surface area contributed by atoms with Gasteiger partial charge < -0.3 is 8.97 Å². The first kappa shape index (κ1) is 10.4. The van der Waals surface area contributed by atoms with Crippen LogP contribution >= 0.6 is 0 Å². The van der Waals surface area contributed by atoms with E-state index in [1.54, 1.807) is 0 Å². The minimum absolute atomic E-state index is 0.838. The van der Waals surface area contributed by atoms with Gasteiger partial charge >= 0.3 is 0 Å². The number of quaternary nitrogens is 2. The van der Waals surface area contributed by atoms with Crippen LogP contribution in [0.4, 0.5) is 0 Å². The van der Waals surface area contributed by atoms with Gasteiger partial charge in [-0.25, -0.2) is 0 Å². The first-order chi connectivity index (χ1) is 6.51. The molecule has 0 saturated carbocycles. The molecule has 0 aromatic heterocycles. The van der Waals surface area contributed by atoms with Crippen molar-refractivity contribution in [2.45, 2.75) is 39.8 Å². The summed E-state index contributed by atoms with van der Waals surface area (Å²) >= 11 is 0. The highest BCUT2D eigenvalue weighted by Gasteiger charge is 2.51. The zero-order valence-electron chi connectivity index (χ0n) is 10.3. The molecule has 0 amide bonds. The molecule has 0 aromatic carbocycles. The highest BCUT2D eigenvalue weighted by Crippen LogP contribution is 2.31. The zero-order valence-corrected chi connectivity index (χ0v) is 10.3. The van der Waals surface area contributed by atoms with Gasteiger partial charge in [-0.15, -0.1) is 0 Å². The molecule has 2 nitrogen and oxygen atoms in total. The van der Waals surface area contributed by atoms with Gasteiger partial charge in [0.2, 0.25) is 0 Å². The zero-order chi connectivity index (χ0) is 10.4. The molecular formula is C12H26N2+2. The standard InChI is InChI=1S/C12H26N2/c1-11(2)13-5-8-14(9-6-13,10-7-13)12(3)4/h11-12H,5-10H2,1-4H3/q+2. The van der Waals surface area contributed by atoms with Crippen LogP contribution in [-0.2, 0) is 0 Å². The van der Waals surface area contributed by atoms with Crippen molar-refractivity contribution in [3.8, 4) is 0 Å². The molecule has 14 heavy (non-hydrogen) atoms. The average molecular weight is 198 g/mol. The first-order valence-corrected chi connectivity index (χ1v) is 6.22. The molecule has 0 atom stereocenters. The van der Waals surface area contributed by atoms with Crippen LogP contribution in [-0.4, -0.2) is 60.3 Å². The molecule has 3 rings (SSSR count). The molecular weight excluding hydrogens is 172 g/mol. The van der Waals surface area contributed by atoms with E-state index in [-0.39, 0.29) is 0 Å². The van der Waals surface area contributed by atoms with Crippen LogP contribution in [0.1, 0.15) is 27.7 Å². The van der Waals surface area contributed by atoms with Crippen molar-refractivity contribution < 1.29 is 8.97 Å². The molecule has 0 N–H and O–H groups in total. The Labute approximate surface area is 88.7 Å². The normalized spacial score (nSPS) is 42.4. The maximum atomic E-state index is 2.40. The summed E-state index contributed by atoms with van der Waals surface area (Å²) in [5.41, 5.74) is 0. The van der Waals surface area contributed by atoms with Gasteiger partial charge in [-0.1, -0.05) is 0 Å². The van der Waals surface area contributed by atoms with Gasteiger partial charge in [0.25, 0.3) is 0 Å². The molecule has 0 radical (unpaired) electrons. The van der Waals surface area contributed by atoms with Crippen molar-refractivity contribution in [3.05, 3.63) is 0 Å². The summed E-state index contributed by atoms with van der Waals surface area (Å²) in [6.45, 7) is 18.2. The Balaban J connectivity index is 2.13. The molecule has 3 aliphatic heterocycles. The third-order valence-electron chi connectivity index (χ3n) is 5.16. The van der Waals surface area contributed by atoms with E-state index in [0.29, 0.717) is 0 Å². The fraction of sp³-hybridized carbons (Fsp3) is 1.00. The monoisotopic (exact) mass is 198 g/mol. The van der Waals surface area contributed by atoms with Crippen molar-refractivity contribution in [3.63, 3.8) is 0 Å². The summed E-state index contributed by atoms with van der Waals surface area (Å²) in [6, 6.07) is 1.68. The molecule has 0 aromatic rings. The lowest BCUT2D eigenvalue weighted by atomic mass is 10.0. The Bertz CT molecular complexity index is 172. The molecule has 0 spiro atoms. The molecule has 2 heteroatoms. The van der Waals surface area contributed by atoms with Gasteiger partial charge in [-0.3, -0.25) is 0 Å². The van der Waals surface area contributed by atoms with Crippen molar-refractivity contribution in [1.82, 2.24) is 0 Å². The van der Waals surface area contributed by atoms with Crippen molar-refractivity contribution in [2.75, 3.05) is 39.3 Å². The van der Waals surface area contributed by atoms with Crippen LogP contribution in [0.3, 0.4) is 0 Å². The Morgan fingerprint density at radius 1 is 0.571 bits per heavy atom. The summed E-state index contributed by atoms with van der Waals surface area (Å²) in [5, 5.41) is 0. The predicted molar refractivity (Wildman–Crippen MR) is 60.0 cm³/mol. The summed E-state index contributed by atoms with van der Waals surface area (Å²) in [7, 11) is 0. The van der Waals surface area contributed by atoms with Crippen molar-refractivity contribution in [2.24, 2.45) is 0 Å². The Kier molecular flexibility index (Phi) is 2.39. The fourth-order valence-corrected chi connectivity index (χ4v) is 3.41. The smallest absolute Gasteiger partial charge is 0.129 e. The number of piperazine rings is 3. The van der Waals surface area contributed by atoms with Crippen LogP contribution in [0.15, 0.2) is 0 Å². The maximum Gasteiger partial charge on any atom is 0.129 e. The van der Waals surface area contributed by atoms with E-state index in [2.05, 4.69) is 27.7 Å². The largest absolute Gasteiger partial charge is 0.308 e. The predicted octanol–water partition coefficient (Wildman–Crippen LogP) is 1.46. The summed E-state index contributed by atoms with van der Waals surface area (Å²) in [6.07, 6.45) is 0. The molecule has 3 heterocycles. The van der Waals surface area contributed by atoms with Gasteiger partial charge in [0.1, 0.15) is 39.3 Å². The summed E-state index contributed by atoms with van der Waals surface area (Å²) in [5.74, 6) is 0. The molecule has 82 valence electrons. The molecule has 0 aliphatic carbocycles. The lowest BCUT2D eigenvalue weighted by molar-refractivity contribution is -1.10. The lowest BCUT2D eigenvalue weighted by Gasteiger charge is -2.58. The van der Waals surface area contributed by atoms with Crippen molar-refractivity contribution >= 4 is 0 Å². The van der Waals surface area contributed by atoms with Gasteiger partial charge in [-0.2, -0.15) is 0 Å². The average Bonchev–Trinajstić information content (AvgIpc) is 2.20. The van der Waals surface area contributed by atoms with E-state index in [1.807, 2.05) is 0 Å². The number of hydrogen-bond donors (Lipinski definition) is 0. The van der Waals surface area contributed by atoms with Crippen LogP contribution < -0.4 is 0 Å². The Morgan fingerprint density at radius 2 is 0.786 bits per heavy atom. The summed E-state index contributed by atoms with van der Waals surface area (Å²) < 4.78 is 2.82. The molecule has 3 saturated heterocycles. The molecule has 3 aliphatic rings. The SMILES string of the molecule is CC(C)[N+]12CC[N+](C(C)C)(CC1)CC2. The molecule has 2 bridgehead atoms. The highest BCUT2D eigenvalue weighted by atomic mass is 15.5. The second-order valence-electron chi connectivity index (χ2n) is 5.97. The van der Waals surface area contributed by atoms with Gasteiger partial charge in [0.15, 0.2) is 0 Å². The lowest BCUT2D eigenvalue weighted by Crippen LogP contribution is -2.78. The second-order valence-corrected chi connectivity index (χ2v) is 5.97. The third kappa shape index (κ3) is 1.31. The Morgan fingerprint density at radius 3 is 0.929 bits per heavy atom. The minimum Gasteiger partial charge on any atom is -0.308 e. The minimum atomic E-state index is 0.838. The second kappa shape index (κ2) is 3.21. The van der Waals surface area contributed by atoms with Crippen LogP contribution in [0.25, 0.3) is 0 Å². The maximum absolute atomic E-state index is 2.40. The third-order valence-corrected chi connectivity index (χ3v) is 5.16. The molecule has 3 fully saturated rings. The van der Waals surface area contributed by atoms with Gasteiger partial charge in [-0.05, 0) is 27.7 Å². The fourth-order valence-electron chi connectivity index (χ4n) is 3.41.